The van der Waals surface area contributed by atoms with Crippen LogP contribution in [0, 0.1) is 0 Å². The molecule has 1 fully saturated rings. The Labute approximate surface area is 111 Å². The molecule has 102 valence electrons. The van der Waals surface area contributed by atoms with Crippen molar-refractivity contribution in [1.29, 1.82) is 0 Å². The Morgan fingerprint density at radius 3 is 2.79 bits per heavy atom. The number of benzene rings is 1. The number of carbonyl (C=O) groups is 2. The predicted molar refractivity (Wildman–Crippen MR) is 69.1 cm³/mol. The van der Waals surface area contributed by atoms with E-state index >= 15 is 0 Å². The number of carboxylic acid groups (broad SMARTS) is 1. The molecule has 2 rings (SSSR count). The number of carbonyl (C=O) groups excluding carboxylic acids is 1. The van der Waals surface area contributed by atoms with Crippen LogP contribution in [0.15, 0.2) is 24.3 Å². The predicted octanol–water partition coefficient (Wildman–Crippen LogP) is 1.22. The van der Waals surface area contributed by atoms with Crippen LogP contribution in [0.1, 0.15) is 29.3 Å². The number of hydrogen-bond acceptors (Lipinski definition) is 3. The zero-order chi connectivity index (χ0) is 13.8. The number of hydrogen-bond donors (Lipinski definition) is 2. The van der Waals surface area contributed by atoms with Crippen LogP contribution >= 0.6 is 0 Å². The third-order valence-corrected chi connectivity index (χ3v) is 3.30. The lowest BCUT2D eigenvalue weighted by molar-refractivity contribution is -0.136. The van der Waals surface area contributed by atoms with Gasteiger partial charge in [-0.3, -0.25) is 9.59 Å². The van der Waals surface area contributed by atoms with E-state index in [2.05, 4.69) is 5.32 Å². The summed E-state index contributed by atoms with van der Waals surface area (Å²) in [6.45, 7) is 2.56. The van der Waals surface area contributed by atoms with Gasteiger partial charge in [-0.05, 0) is 25.0 Å². The van der Waals surface area contributed by atoms with Crippen LogP contribution in [0.3, 0.4) is 0 Å². The molecule has 2 atom stereocenters. The van der Waals surface area contributed by atoms with Crippen LogP contribution < -0.4 is 5.32 Å². The smallest absolute Gasteiger partial charge is 0.307 e. The van der Waals surface area contributed by atoms with Gasteiger partial charge in [-0.15, -0.1) is 0 Å². The molecule has 0 aliphatic carbocycles. The van der Waals surface area contributed by atoms with Crippen LogP contribution in [0.25, 0.3) is 0 Å². The molecule has 5 nitrogen and oxygen atoms in total. The SMILES string of the molecule is CC1OCCC1NC(=O)c1ccccc1CC(=O)O. The molecule has 1 saturated heterocycles. The molecule has 2 N–H and O–H groups in total. The second kappa shape index (κ2) is 5.84. The van der Waals surface area contributed by atoms with E-state index in [0.717, 1.165) is 6.42 Å². The van der Waals surface area contributed by atoms with Crippen LogP contribution in [-0.4, -0.2) is 35.7 Å². The third kappa shape index (κ3) is 3.32. The Hall–Kier alpha value is -1.88. The molecule has 5 heteroatoms. The number of aliphatic carboxylic acids is 1. The molecule has 0 saturated carbocycles. The van der Waals surface area contributed by atoms with E-state index in [-0.39, 0.29) is 24.5 Å². The summed E-state index contributed by atoms with van der Waals surface area (Å²) in [7, 11) is 0. The van der Waals surface area contributed by atoms with Gasteiger partial charge in [0.15, 0.2) is 0 Å². The maximum atomic E-state index is 12.2. The molecule has 1 aliphatic rings. The lowest BCUT2D eigenvalue weighted by Crippen LogP contribution is -2.39. The minimum atomic E-state index is -0.946. The van der Waals surface area contributed by atoms with E-state index in [1.54, 1.807) is 24.3 Å². The third-order valence-electron chi connectivity index (χ3n) is 3.30. The van der Waals surface area contributed by atoms with Crippen molar-refractivity contribution in [2.75, 3.05) is 6.61 Å². The average Bonchev–Trinajstić information content (AvgIpc) is 2.75. The largest absolute Gasteiger partial charge is 0.481 e. The fourth-order valence-corrected chi connectivity index (χ4v) is 2.23. The molecule has 0 aromatic heterocycles. The van der Waals surface area contributed by atoms with Gasteiger partial charge in [0.1, 0.15) is 0 Å². The molecule has 2 unspecified atom stereocenters. The zero-order valence-electron chi connectivity index (χ0n) is 10.8. The van der Waals surface area contributed by atoms with Crippen molar-refractivity contribution in [3.05, 3.63) is 35.4 Å². The van der Waals surface area contributed by atoms with Crippen LogP contribution in [0.5, 0.6) is 0 Å². The molecular weight excluding hydrogens is 246 g/mol. The quantitative estimate of drug-likeness (QED) is 0.856. The Morgan fingerprint density at radius 1 is 1.42 bits per heavy atom. The van der Waals surface area contributed by atoms with Gasteiger partial charge < -0.3 is 15.2 Å². The highest BCUT2D eigenvalue weighted by Gasteiger charge is 2.26. The lowest BCUT2D eigenvalue weighted by Gasteiger charge is -2.17. The zero-order valence-corrected chi connectivity index (χ0v) is 10.8. The van der Waals surface area contributed by atoms with Gasteiger partial charge in [-0.2, -0.15) is 0 Å². The van der Waals surface area contributed by atoms with Crippen molar-refractivity contribution in [1.82, 2.24) is 5.32 Å². The fraction of sp³-hybridized carbons (Fsp3) is 0.429. The van der Waals surface area contributed by atoms with Crippen molar-refractivity contribution in [3.63, 3.8) is 0 Å². The summed E-state index contributed by atoms with van der Waals surface area (Å²) < 4.78 is 5.39. The molecule has 1 aromatic rings. The first-order valence-corrected chi connectivity index (χ1v) is 6.30. The van der Waals surface area contributed by atoms with Crippen LogP contribution in [-0.2, 0) is 16.0 Å². The number of amides is 1. The summed E-state index contributed by atoms with van der Waals surface area (Å²) in [5.41, 5.74) is 0.947. The molecule has 1 aromatic carbocycles. The van der Waals surface area contributed by atoms with Gasteiger partial charge in [-0.25, -0.2) is 0 Å². The van der Waals surface area contributed by atoms with E-state index in [4.69, 9.17) is 9.84 Å². The number of rotatable bonds is 4. The van der Waals surface area contributed by atoms with E-state index in [9.17, 15) is 9.59 Å². The van der Waals surface area contributed by atoms with Gasteiger partial charge in [0, 0.05) is 12.2 Å². The maximum Gasteiger partial charge on any atom is 0.307 e. The minimum Gasteiger partial charge on any atom is -0.481 e. The second-order valence-electron chi connectivity index (χ2n) is 4.67. The van der Waals surface area contributed by atoms with Crippen molar-refractivity contribution in [3.8, 4) is 0 Å². The highest BCUT2D eigenvalue weighted by atomic mass is 16.5. The van der Waals surface area contributed by atoms with E-state index in [0.29, 0.717) is 17.7 Å². The monoisotopic (exact) mass is 263 g/mol. The standard InChI is InChI=1S/C14H17NO4/c1-9-12(6-7-19-9)15-14(18)11-5-3-2-4-10(11)8-13(16)17/h2-5,9,12H,6-8H2,1H3,(H,15,18)(H,16,17). The van der Waals surface area contributed by atoms with Crippen molar-refractivity contribution in [2.45, 2.75) is 31.9 Å². The van der Waals surface area contributed by atoms with Gasteiger partial charge in [0.05, 0.1) is 18.6 Å². The van der Waals surface area contributed by atoms with E-state index < -0.39 is 5.97 Å². The summed E-state index contributed by atoms with van der Waals surface area (Å²) in [6, 6.07) is 6.77. The Bertz CT molecular complexity index is 486. The van der Waals surface area contributed by atoms with Gasteiger partial charge >= 0.3 is 5.97 Å². The molecule has 1 aliphatic heterocycles. The number of ether oxygens (including phenoxy) is 1. The minimum absolute atomic E-state index is 0.00409. The Morgan fingerprint density at radius 2 is 2.16 bits per heavy atom. The molecule has 0 spiro atoms. The first kappa shape index (κ1) is 13.5. The van der Waals surface area contributed by atoms with E-state index in [1.165, 1.54) is 0 Å². The highest BCUT2D eigenvalue weighted by Crippen LogP contribution is 2.15. The lowest BCUT2D eigenvalue weighted by atomic mass is 10.0. The second-order valence-corrected chi connectivity index (χ2v) is 4.67. The summed E-state index contributed by atoms with van der Waals surface area (Å²) in [5.74, 6) is -1.18. The molecule has 0 radical (unpaired) electrons. The summed E-state index contributed by atoms with van der Waals surface area (Å²) >= 11 is 0. The van der Waals surface area contributed by atoms with Gasteiger partial charge in [-0.1, -0.05) is 18.2 Å². The normalized spacial score (nSPS) is 22.2. The summed E-state index contributed by atoms with van der Waals surface area (Å²) in [6.07, 6.45) is 0.629. The maximum absolute atomic E-state index is 12.2. The van der Waals surface area contributed by atoms with E-state index in [1.807, 2.05) is 6.92 Å². The fourth-order valence-electron chi connectivity index (χ4n) is 2.23. The first-order valence-electron chi connectivity index (χ1n) is 6.30. The average molecular weight is 263 g/mol. The Balaban J connectivity index is 2.12. The Kier molecular flexibility index (Phi) is 4.16. The summed E-state index contributed by atoms with van der Waals surface area (Å²) in [5, 5.41) is 11.7. The van der Waals surface area contributed by atoms with Crippen LogP contribution in [0.4, 0.5) is 0 Å². The topological polar surface area (TPSA) is 75.6 Å². The van der Waals surface area contributed by atoms with Gasteiger partial charge in [0.2, 0.25) is 0 Å². The number of carboxylic acids is 1. The van der Waals surface area contributed by atoms with Gasteiger partial charge in [0.25, 0.3) is 5.91 Å². The number of nitrogens with one attached hydrogen (secondary N) is 1. The molecular formula is C14H17NO4. The first-order chi connectivity index (χ1) is 9.08. The van der Waals surface area contributed by atoms with Crippen molar-refractivity contribution >= 4 is 11.9 Å². The van der Waals surface area contributed by atoms with Crippen LogP contribution in [0.2, 0.25) is 0 Å². The molecule has 19 heavy (non-hydrogen) atoms. The molecule has 1 heterocycles. The van der Waals surface area contributed by atoms with Crippen molar-refractivity contribution in [2.24, 2.45) is 0 Å². The molecule has 1 amide bonds. The highest BCUT2D eigenvalue weighted by molar-refractivity contribution is 5.96. The summed E-state index contributed by atoms with van der Waals surface area (Å²) in [4.78, 5) is 23.0. The van der Waals surface area contributed by atoms with Crippen molar-refractivity contribution < 1.29 is 19.4 Å². The molecule has 0 bridgehead atoms.